The van der Waals surface area contributed by atoms with E-state index < -0.39 is 0 Å². The zero-order valence-corrected chi connectivity index (χ0v) is 14.3. The van der Waals surface area contributed by atoms with Crippen molar-refractivity contribution < 1.29 is 14.1 Å². The molecule has 1 saturated heterocycles. The average molecular weight is 347 g/mol. The van der Waals surface area contributed by atoms with Gasteiger partial charge in [0, 0.05) is 32.1 Å². The van der Waals surface area contributed by atoms with Crippen LogP contribution in [0.1, 0.15) is 42.6 Å². The van der Waals surface area contributed by atoms with Gasteiger partial charge in [0.25, 0.3) is 5.91 Å². The number of hydrogen-bond donors (Lipinski definition) is 1. The first kappa shape index (κ1) is 16.7. The summed E-state index contributed by atoms with van der Waals surface area (Å²) in [5.74, 6) is 0.588. The molecule has 0 aromatic carbocycles. The van der Waals surface area contributed by atoms with E-state index in [9.17, 15) is 9.59 Å². The van der Waals surface area contributed by atoms with Gasteiger partial charge in [-0.1, -0.05) is 17.6 Å². The largest absolute Gasteiger partial charge is 0.355 e. The summed E-state index contributed by atoms with van der Waals surface area (Å²) in [6.45, 7) is 2.04. The molecular weight excluding hydrogens is 326 g/mol. The molecule has 2 aromatic heterocycles. The Labute approximate surface area is 144 Å². The Morgan fingerprint density at radius 1 is 1.38 bits per heavy atom. The molecule has 0 bridgehead atoms. The van der Waals surface area contributed by atoms with Gasteiger partial charge in [0.05, 0.1) is 4.88 Å². The maximum atomic E-state index is 12.1. The second-order valence-corrected chi connectivity index (χ2v) is 6.80. The monoisotopic (exact) mass is 347 g/mol. The molecule has 6 nitrogen and oxygen atoms in total. The summed E-state index contributed by atoms with van der Waals surface area (Å²) in [5.41, 5.74) is 0.282. The lowest BCUT2D eigenvalue weighted by molar-refractivity contribution is -0.130. The highest BCUT2D eigenvalue weighted by Crippen LogP contribution is 2.25. The van der Waals surface area contributed by atoms with E-state index in [4.69, 9.17) is 4.52 Å². The summed E-state index contributed by atoms with van der Waals surface area (Å²) in [5, 5.41) is 8.60. The Bertz CT molecular complexity index is 681. The predicted molar refractivity (Wildman–Crippen MR) is 91.8 cm³/mol. The van der Waals surface area contributed by atoms with Gasteiger partial charge in [0.15, 0.2) is 11.5 Å². The Hall–Kier alpha value is -2.15. The molecule has 1 fully saturated rings. The van der Waals surface area contributed by atoms with Crippen molar-refractivity contribution in [3.8, 4) is 10.6 Å². The lowest BCUT2D eigenvalue weighted by Gasteiger charge is -2.20. The van der Waals surface area contributed by atoms with Gasteiger partial charge in [-0.2, -0.15) is 0 Å². The number of aromatic nitrogens is 1. The number of carbonyl (C=O) groups excluding carboxylic acids is 2. The molecule has 0 aliphatic carbocycles. The Morgan fingerprint density at radius 2 is 2.29 bits per heavy atom. The number of rotatable bonds is 6. The third kappa shape index (κ3) is 4.23. The minimum atomic E-state index is -0.247. The highest BCUT2D eigenvalue weighted by molar-refractivity contribution is 7.13. The van der Waals surface area contributed by atoms with Gasteiger partial charge >= 0.3 is 0 Å². The van der Waals surface area contributed by atoms with Crippen molar-refractivity contribution in [3.63, 3.8) is 0 Å². The molecule has 0 atom stereocenters. The highest BCUT2D eigenvalue weighted by atomic mass is 32.1. The number of nitrogens with one attached hydrogen (secondary N) is 1. The van der Waals surface area contributed by atoms with Gasteiger partial charge < -0.3 is 14.7 Å². The summed E-state index contributed by atoms with van der Waals surface area (Å²) in [4.78, 5) is 26.8. The molecule has 0 radical (unpaired) electrons. The van der Waals surface area contributed by atoms with E-state index in [1.807, 2.05) is 22.4 Å². The quantitative estimate of drug-likeness (QED) is 0.815. The molecule has 1 aliphatic heterocycles. The van der Waals surface area contributed by atoms with Gasteiger partial charge in [-0.3, -0.25) is 9.59 Å². The van der Waals surface area contributed by atoms with Crippen molar-refractivity contribution in [2.45, 2.75) is 32.1 Å². The minimum absolute atomic E-state index is 0.232. The van der Waals surface area contributed by atoms with E-state index in [-0.39, 0.29) is 17.5 Å². The van der Waals surface area contributed by atoms with Crippen molar-refractivity contribution in [2.24, 2.45) is 0 Å². The minimum Gasteiger partial charge on any atom is -0.355 e. The summed E-state index contributed by atoms with van der Waals surface area (Å²) < 4.78 is 5.21. The first-order chi connectivity index (χ1) is 11.7. The number of nitrogens with zero attached hydrogens (tertiary/aromatic N) is 2. The van der Waals surface area contributed by atoms with Crippen LogP contribution in [0.25, 0.3) is 10.6 Å². The van der Waals surface area contributed by atoms with Crippen LogP contribution >= 0.6 is 11.3 Å². The topological polar surface area (TPSA) is 75.4 Å². The molecule has 0 spiro atoms. The van der Waals surface area contributed by atoms with Crippen LogP contribution < -0.4 is 5.32 Å². The average Bonchev–Trinajstić information content (AvgIpc) is 3.23. The van der Waals surface area contributed by atoms with Crippen molar-refractivity contribution >= 4 is 23.2 Å². The van der Waals surface area contributed by atoms with Crippen molar-refractivity contribution in [3.05, 3.63) is 29.3 Å². The van der Waals surface area contributed by atoms with Crippen LogP contribution in [-0.2, 0) is 4.79 Å². The molecule has 7 heteroatoms. The molecule has 0 saturated carbocycles. The van der Waals surface area contributed by atoms with E-state index in [0.717, 1.165) is 37.1 Å². The van der Waals surface area contributed by atoms with Crippen molar-refractivity contribution in [1.82, 2.24) is 15.4 Å². The second kappa shape index (κ2) is 8.10. The summed E-state index contributed by atoms with van der Waals surface area (Å²) >= 11 is 1.54. The van der Waals surface area contributed by atoms with E-state index >= 15 is 0 Å². The molecule has 3 rings (SSSR count). The van der Waals surface area contributed by atoms with E-state index in [1.54, 1.807) is 6.07 Å². The molecule has 2 aromatic rings. The maximum absolute atomic E-state index is 12.1. The summed E-state index contributed by atoms with van der Waals surface area (Å²) in [6.07, 6.45) is 4.58. The smallest absolute Gasteiger partial charge is 0.273 e. The molecular formula is C17H21N3O3S. The Morgan fingerprint density at radius 3 is 3.12 bits per heavy atom. The Balaban J connectivity index is 1.43. The number of likely N-dealkylation sites (tertiary alicyclic amines) is 1. The normalized spacial score (nSPS) is 15.3. The molecule has 0 unspecified atom stereocenters. The van der Waals surface area contributed by atoms with Gasteiger partial charge in [-0.15, -0.1) is 11.3 Å². The lowest BCUT2D eigenvalue weighted by atomic mass is 10.2. The highest BCUT2D eigenvalue weighted by Gasteiger charge is 2.17. The van der Waals surface area contributed by atoms with Crippen LogP contribution in [0, 0.1) is 0 Å². The van der Waals surface area contributed by atoms with E-state index in [0.29, 0.717) is 25.3 Å². The van der Waals surface area contributed by atoms with Gasteiger partial charge in [-0.25, -0.2) is 0 Å². The molecule has 1 N–H and O–H groups in total. The standard InChI is InChI=1S/C17H21N3O3S/c21-16-7-2-1-3-9-20(16)10-5-8-18-17(22)13-12-14(23-19-13)15-6-4-11-24-15/h4,6,11-12H,1-3,5,7-10H2,(H,18,22). The van der Waals surface area contributed by atoms with Crippen LogP contribution in [0.15, 0.2) is 28.1 Å². The number of amides is 2. The summed E-state index contributed by atoms with van der Waals surface area (Å²) in [6, 6.07) is 5.50. The third-order valence-corrected chi connectivity index (χ3v) is 4.95. The summed E-state index contributed by atoms with van der Waals surface area (Å²) in [7, 11) is 0. The molecule has 3 heterocycles. The fourth-order valence-electron chi connectivity index (χ4n) is 2.75. The van der Waals surface area contributed by atoms with E-state index in [1.165, 1.54) is 11.3 Å². The second-order valence-electron chi connectivity index (χ2n) is 5.85. The van der Waals surface area contributed by atoms with Crippen LogP contribution in [0.4, 0.5) is 0 Å². The van der Waals surface area contributed by atoms with Gasteiger partial charge in [0.1, 0.15) is 0 Å². The van der Waals surface area contributed by atoms with Crippen LogP contribution in [0.3, 0.4) is 0 Å². The Kier molecular flexibility index (Phi) is 5.63. The fraction of sp³-hybridized carbons (Fsp3) is 0.471. The number of carbonyl (C=O) groups is 2. The van der Waals surface area contributed by atoms with Crippen LogP contribution in [0.5, 0.6) is 0 Å². The van der Waals surface area contributed by atoms with Crippen molar-refractivity contribution in [2.75, 3.05) is 19.6 Å². The van der Waals surface area contributed by atoms with Crippen molar-refractivity contribution in [1.29, 1.82) is 0 Å². The SMILES string of the molecule is O=C(NCCCN1CCCCCC1=O)c1cc(-c2cccs2)on1. The fourth-order valence-corrected chi connectivity index (χ4v) is 3.43. The molecule has 2 amide bonds. The zero-order valence-electron chi connectivity index (χ0n) is 13.5. The molecule has 24 heavy (non-hydrogen) atoms. The predicted octanol–water partition coefficient (Wildman–Crippen LogP) is 2.93. The van der Waals surface area contributed by atoms with Crippen LogP contribution in [-0.4, -0.2) is 41.5 Å². The molecule has 1 aliphatic rings. The lowest BCUT2D eigenvalue weighted by Crippen LogP contribution is -2.34. The first-order valence-electron chi connectivity index (χ1n) is 8.30. The number of thiophene rings is 1. The van der Waals surface area contributed by atoms with Gasteiger partial charge in [-0.05, 0) is 30.7 Å². The first-order valence-corrected chi connectivity index (χ1v) is 9.18. The maximum Gasteiger partial charge on any atom is 0.273 e. The molecule has 128 valence electrons. The third-order valence-electron chi connectivity index (χ3n) is 4.07. The zero-order chi connectivity index (χ0) is 16.8. The number of hydrogen-bond acceptors (Lipinski definition) is 5. The van der Waals surface area contributed by atoms with Gasteiger partial charge in [0.2, 0.25) is 5.91 Å². The van der Waals surface area contributed by atoms with Crippen LogP contribution in [0.2, 0.25) is 0 Å². The van der Waals surface area contributed by atoms with E-state index in [2.05, 4.69) is 10.5 Å².